The Hall–Kier alpha value is -4.31. The third-order valence-electron chi connectivity index (χ3n) is 11.4. The van der Waals surface area contributed by atoms with Crippen LogP contribution < -0.4 is 26.0 Å². The Bertz CT molecular complexity index is 2120. The van der Waals surface area contributed by atoms with Crippen LogP contribution in [0, 0.1) is 6.92 Å². The zero-order chi connectivity index (χ0) is 33.1. The van der Waals surface area contributed by atoms with Crippen LogP contribution in [0.2, 0.25) is 0 Å². The molecule has 0 N–H and O–H groups in total. The number of pyridine rings is 1. The fourth-order valence-electron chi connectivity index (χ4n) is 8.82. The molecule has 3 nitrogen and oxygen atoms in total. The standard InChI is InChI=1S/C44H45BN2O/c1-26-14-20-37-34(22-26)45-35-24-30(44(5,6)7)17-21-38(35)48-39-25-36(40-32-12-8-10-27(32)23-28-11-9-13-33(28)40)46-42(41(39)45)47(37)31-18-15-29(16-19-31)43(2,3)4/h14-25H,8-13H2,1-7H3. The van der Waals surface area contributed by atoms with E-state index in [9.17, 15) is 0 Å². The SMILES string of the molecule is Cc1ccc2c(c1)B1c3cc(C(C)(C)C)ccc3Oc3cc(-c4c5c(cc6c4CCC6)CCC5)nc(c31)N2c1ccc(C(C)(C)C)cc1. The fourth-order valence-corrected chi connectivity index (χ4v) is 8.82. The summed E-state index contributed by atoms with van der Waals surface area (Å²) in [6.07, 6.45) is 7.07. The number of hydrogen-bond donors (Lipinski definition) is 0. The first kappa shape index (κ1) is 29.8. The third-order valence-corrected chi connectivity index (χ3v) is 11.4. The fraction of sp³-hybridized carbons (Fsp3) is 0.341. The van der Waals surface area contributed by atoms with Crippen molar-refractivity contribution >= 4 is 40.3 Å². The molecule has 0 spiro atoms. The Balaban J connectivity index is 1.34. The molecule has 48 heavy (non-hydrogen) atoms. The Labute approximate surface area is 286 Å². The highest BCUT2D eigenvalue weighted by Gasteiger charge is 2.44. The van der Waals surface area contributed by atoms with Crippen molar-refractivity contribution in [2.45, 2.75) is 97.8 Å². The van der Waals surface area contributed by atoms with Gasteiger partial charge < -0.3 is 4.74 Å². The lowest BCUT2D eigenvalue weighted by molar-refractivity contribution is 0.486. The minimum absolute atomic E-state index is 0.0270. The molecule has 0 saturated carbocycles. The van der Waals surface area contributed by atoms with Crippen molar-refractivity contribution < 1.29 is 4.74 Å². The van der Waals surface area contributed by atoms with E-state index in [2.05, 4.69) is 126 Å². The summed E-state index contributed by atoms with van der Waals surface area (Å²) in [6.45, 7) is 16.0. The van der Waals surface area contributed by atoms with Gasteiger partial charge in [-0.2, -0.15) is 0 Å². The normalized spacial score (nSPS) is 15.8. The molecule has 4 aliphatic rings. The molecule has 3 heterocycles. The first-order valence-corrected chi connectivity index (χ1v) is 18.0. The molecular formula is C44H45BN2O. The summed E-state index contributed by atoms with van der Waals surface area (Å²) in [5.74, 6) is 2.91. The quantitative estimate of drug-likeness (QED) is 0.179. The van der Waals surface area contributed by atoms with E-state index in [1.54, 1.807) is 0 Å². The van der Waals surface area contributed by atoms with Crippen LogP contribution in [0.25, 0.3) is 11.3 Å². The summed E-state index contributed by atoms with van der Waals surface area (Å²) in [6, 6.07) is 27.8. The summed E-state index contributed by atoms with van der Waals surface area (Å²) in [5, 5.41) is 0. The van der Waals surface area contributed by atoms with Gasteiger partial charge >= 0.3 is 0 Å². The lowest BCUT2D eigenvalue weighted by atomic mass is 9.34. The second kappa shape index (κ2) is 10.3. The number of rotatable bonds is 2. The van der Waals surface area contributed by atoms with Crippen LogP contribution in [0.3, 0.4) is 0 Å². The van der Waals surface area contributed by atoms with Gasteiger partial charge in [-0.1, -0.05) is 89.6 Å². The number of anilines is 3. The Morgan fingerprint density at radius 2 is 1.33 bits per heavy atom. The maximum atomic E-state index is 7.02. The van der Waals surface area contributed by atoms with Gasteiger partial charge in [0.2, 0.25) is 0 Å². The van der Waals surface area contributed by atoms with Crippen molar-refractivity contribution in [2.75, 3.05) is 4.90 Å². The predicted octanol–water partition coefficient (Wildman–Crippen LogP) is 9.03. The summed E-state index contributed by atoms with van der Waals surface area (Å²) in [4.78, 5) is 8.19. The number of hydrogen-bond acceptors (Lipinski definition) is 3. The molecule has 4 heteroatoms. The lowest BCUT2D eigenvalue weighted by Gasteiger charge is -2.40. The van der Waals surface area contributed by atoms with Crippen molar-refractivity contribution in [3.63, 3.8) is 0 Å². The van der Waals surface area contributed by atoms with E-state index in [-0.39, 0.29) is 17.5 Å². The molecular weight excluding hydrogens is 583 g/mol. The van der Waals surface area contributed by atoms with Gasteiger partial charge in [-0.15, -0.1) is 0 Å². The molecule has 4 aromatic carbocycles. The lowest BCUT2D eigenvalue weighted by Crippen LogP contribution is -2.60. The van der Waals surface area contributed by atoms with Gasteiger partial charge in [0.1, 0.15) is 17.3 Å². The minimum atomic E-state index is 0.0270. The number of ether oxygens (including phenoxy) is 1. The molecule has 240 valence electrons. The highest BCUT2D eigenvalue weighted by atomic mass is 16.5. The van der Waals surface area contributed by atoms with Crippen molar-refractivity contribution in [2.24, 2.45) is 0 Å². The Morgan fingerprint density at radius 1 is 0.667 bits per heavy atom. The van der Waals surface area contributed by atoms with Crippen LogP contribution in [0.5, 0.6) is 11.5 Å². The molecule has 0 saturated heterocycles. The summed E-state index contributed by atoms with van der Waals surface area (Å²) < 4.78 is 7.02. The van der Waals surface area contributed by atoms with Crippen molar-refractivity contribution in [3.8, 4) is 22.8 Å². The molecule has 2 aliphatic carbocycles. The molecule has 2 aliphatic heterocycles. The largest absolute Gasteiger partial charge is 0.458 e. The molecule has 5 aromatic rings. The summed E-state index contributed by atoms with van der Waals surface area (Å²) >= 11 is 0. The van der Waals surface area contributed by atoms with Crippen LogP contribution >= 0.6 is 0 Å². The minimum Gasteiger partial charge on any atom is -0.458 e. The maximum absolute atomic E-state index is 7.02. The monoisotopic (exact) mass is 628 g/mol. The van der Waals surface area contributed by atoms with Crippen LogP contribution in [0.4, 0.5) is 17.2 Å². The van der Waals surface area contributed by atoms with E-state index in [0.29, 0.717) is 0 Å². The van der Waals surface area contributed by atoms with Gasteiger partial charge in [0, 0.05) is 28.5 Å². The molecule has 0 radical (unpaired) electrons. The van der Waals surface area contributed by atoms with E-state index in [4.69, 9.17) is 9.72 Å². The molecule has 0 bridgehead atoms. The predicted molar refractivity (Wildman–Crippen MR) is 202 cm³/mol. The topological polar surface area (TPSA) is 25.4 Å². The molecule has 0 atom stereocenters. The first-order chi connectivity index (χ1) is 23.0. The first-order valence-electron chi connectivity index (χ1n) is 18.0. The van der Waals surface area contributed by atoms with Gasteiger partial charge in [0.05, 0.1) is 5.69 Å². The highest BCUT2D eigenvalue weighted by Crippen LogP contribution is 2.46. The zero-order valence-electron chi connectivity index (χ0n) is 29.6. The smallest absolute Gasteiger partial charge is 0.258 e. The van der Waals surface area contributed by atoms with Gasteiger partial charge in [0.15, 0.2) is 0 Å². The molecule has 9 rings (SSSR count). The zero-order valence-corrected chi connectivity index (χ0v) is 29.6. The Morgan fingerprint density at radius 3 is 2.00 bits per heavy atom. The van der Waals surface area contributed by atoms with Gasteiger partial charge in [0.25, 0.3) is 6.71 Å². The van der Waals surface area contributed by atoms with Crippen molar-refractivity contribution in [3.05, 3.63) is 112 Å². The summed E-state index contributed by atoms with van der Waals surface area (Å²) in [7, 11) is 0. The number of fused-ring (bicyclic) bond motifs is 6. The van der Waals surface area contributed by atoms with Crippen LogP contribution in [0.1, 0.15) is 93.3 Å². The van der Waals surface area contributed by atoms with Crippen molar-refractivity contribution in [1.82, 2.24) is 4.98 Å². The molecule has 0 fully saturated rings. The number of aromatic nitrogens is 1. The summed E-state index contributed by atoms with van der Waals surface area (Å²) in [5.41, 5.74) is 18.7. The average molecular weight is 629 g/mol. The van der Waals surface area contributed by atoms with Crippen LogP contribution in [0.15, 0.2) is 72.8 Å². The van der Waals surface area contributed by atoms with Crippen LogP contribution in [-0.2, 0) is 36.5 Å². The second-order valence-electron chi connectivity index (χ2n) is 16.7. The van der Waals surface area contributed by atoms with E-state index in [0.717, 1.165) is 41.5 Å². The van der Waals surface area contributed by atoms with Gasteiger partial charge in [-0.25, -0.2) is 4.98 Å². The average Bonchev–Trinajstić information content (AvgIpc) is 3.72. The van der Waals surface area contributed by atoms with E-state index >= 15 is 0 Å². The van der Waals surface area contributed by atoms with E-state index in [1.807, 2.05) is 0 Å². The van der Waals surface area contributed by atoms with Crippen LogP contribution in [-0.4, -0.2) is 11.7 Å². The number of benzene rings is 4. The molecule has 0 unspecified atom stereocenters. The third kappa shape index (κ3) is 4.51. The van der Waals surface area contributed by atoms with E-state index in [1.165, 1.54) is 92.3 Å². The number of aryl methyl sites for hydroxylation is 3. The van der Waals surface area contributed by atoms with Gasteiger partial charge in [-0.05, 0) is 125 Å². The van der Waals surface area contributed by atoms with Crippen molar-refractivity contribution in [1.29, 1.82) is 0 Å². The molecule has 0 amide bonds. The second-order valence-corrected chi connectivity index (χ2v) is 16.7. The molecule has 1 aromatic heterocycles. The van der Waals surface area contributed by atoms with E-state index < -0.39 is 0 Å². The Kier molecular flexibility index (Phi) is 6.43. The maximum Gasteiger partial charge on any atom is 0.258 e. The highest BCUT2D eigenvalue weighted by molar-refractivity contribution is 6.99. The number of nitrogens with zero attached hydrogens (tertiary/aromatic N) is 2. The van der Waals surface area contributed by atoms with Gasteiger partial charge in [-0.3, -0.25) is 4.90 Å².